The summed E-state index contributed by atoms with van der Waals surface area (Å²) in [4.78, 5) is 2.45. The first-order valence-electron chi connectivity index (χ1n) is 8.37. The number of rotatable bonds is 5. The van der Waals surface area contributed by atoms with Gasteiger partial charge in [-0.2, -0.15) is 0 Å². The summed E-state index contributed by atoms with van der Waals surface area (Å²) < 4.78 is 5.80. The Morgan fingerprint density at radius 1 is 1.14 bits per heavy atom. The van der Waals surface area contributed by atoms with Crippen LogP contribution < -0.4 is 4.74 Å². The van der Waals surface area contributed by atoms with Gasteiger partial charge in [-0.1, -0.05) is 18.2 Å². The van der Waals surface area contributed by atoms with Gasteiger partial charge in [0.2, 0.25) is 0 Å². The molecule has 1 fully saturated rings. The van der Waals surface area contributed by atoms with E-state index in [0.29, 0.717) is 13.2 Å². The van der Waals surface area contributed by atoms with Crippen molar-refractivity contribution in [2.24, 2.45) is 0 Å². The number of hydrogen-bond donors (Lipinski definition) is 1. The summed E-state index contributed by atoms with van der Waals surface area (Å²) in [6, 6.07) is 7.94. The highest BCUT2D eigenvalue weighted by molar-refractivity contribution is 5.31. The average Bonchev–Trinajstić information content (AvgIpc) is 2.42. The van der Waals surface area contributed by atoms with E-state index in [9.17, 15) is 5.11 Å². The molecule has 0 bridgehead atoms. The molecule has 3 heteroatoms. The summed E-state index contributed by atoms with van der Waals surface area (Å²) in [5.74, 6) is 0.860. The van der Waals surface area contributed by atoms with Crippen LogP contribution in [0.15, 0.2) is 24.3 Å². The molecule has 22 heavy (non-hydrogen) atoms. The summed E-state index contributed by atoms with van der Waals surface area (Å²) in [5.41, 5.74) is 1.37. The Bertz CT molecular complexity index is 480. The van der Waals surface area contributed by atoms with Crippen LogP contribution in [-0.2, 0) is 0 Å². The van der Waals surface area contributed by atoms with E-state index in [2.05, 4.69) is 32.6 Å². The Balaban J connectivity index is 1.95. The first-order valence-corrected chi connectivity index (χ1v) is 8.37. The number of piperidine rings is 1. The van der Waals surface area contributed by atoms with Crippen molar-refractivity contribution in [2.75, 3.05) is 13.2 Å². The average molecular weight is 305 g/mol. The highest BCUT2D eigenvalue weighted by Gasteiger charge is 2.41. The van der Waals surface area contributed by atoms with Crippen LogP contribution >= 0.6 is 0 Å². The molecular weight excluding hydrogens is 274 g/mol. The number of aliphatic hydroxyl groups excluding tert-OH is 1. The lowest BCUT2D eigenvalue weighted by Gasteiger charge is -2.53. The summed E-state index contributed by atoms with van der Waals surface area (Å²) >= 11 is 0. The second-order valence-electron chi connectivity index (χ2n) is 7.82. The minimum Gasteiger partial charge on any atom is -0.491 e. The number of likely N-dealkylation sites (tertiary alicyclic amines) is 1. The van der Waals surface area contributed by atoms with E-state index in [4.69, 9.17) is 4.74 Å². The van der Waals surface area contributed by atoms with Gasteiger partial charge in [0, 0.05) is 17.6 Å². The van der Waals surface area contributed by atoms with Gasteiger partial charge in [-0.3, -0.25) is 4.90 Å². The van der Waals surface area contributed by atoms with Crippen molar-refractivity contribution >= 4 is 0 Å². The van der Waals surface area contributed by atoms with Crippen LogP contribution in [0.25, 0.3) is 0 Å². The largest absolute Gasteiger partial charge is 0.491 e. The van der Waals surface area contributed by atoms with Gasteiger partial charge in [0.1, 0.15) is 18.5 Å². The summed E-state index contributed by atoms with van der Waals surface area (Å²) in [6.07, 6.45) is 3.15. The van der Waals surface area contributed by atoms with Gasteiger partial charge in [0.25, 0.3) is 0 Å². The minimum absolute atomic E-state index is 0.130. The quantitative estimate of drug-likeness (QED) is 0.898. The zero-order valence-corrected chi connectivity index (χ0v) is 14.7. The monoisotopic (exact) mass is 305 g/mol. The van der Waals surface area contributed by atoms with Crippen LogP contribution in [0, 0.1) is 6.92 Å². The number of hydrogen-bond acceptors (Lipinski definition) is 3. The SMILES string of the molecule is Cc1ccccc1OC[C@@H](O)CN1C(C)(C)CCCC1(C)C. The molecule has 1 aromatic carbocycles. The number of aryl methyl sites for hydroxylation is 1. The summed E-state index contributed by atoms with van der Waals surface area (Å²) in [6.45, 7) is 12.1. The molecule has 0 unspecified atom stereocenters. The Hall–Kier alpha value is -1.06. The fraction of sp³-hybridized carbons (Fsp3) is 0.684. The van der Waals surface area contributed by atoms with E-state index >= 15 is 0 Å². The van der Waals surface area contributed by atoms with Crippen molar-refractivity contribution in [1.29, 1.82) is 0 Å². The fourth-order valence-corrected chi connectivity index (χ4v) is 3.70. The third kappa shape index (κ3) is 4.02. The second kappa shape index (κ2) is 6.59. The highest BCUT2D eigenvalue weighted by atomic mass is 16.5. The standard InChI is InChI=1S/C19H31NO2/c1-15-9-6-7-10-17(15)22-14-16(21)13-20-18(2,3)11-8-12-19(20,4)5/h6-7,9-10,16,21H,8,11-14H2,1-5H3/t16-/m0/s1. The van der Waals surface area contributed by atoms with Crippen molar-refractivity contribution in [1.82, 2.24) is 4.90 Å². The number of benzene rings is 1. The van der Waals surface area contributed by atoms with Gasteiger partial charge in [-0.25, -0.2) is 0 Å². The highest BCUT2D eigenvalue weighted by Crippen LogP contribution is 2.38. The maximum absolute atomic E-state index is 10.5. The third-order valence-corrected chi connectivity index (χ3v) is 4.96. The van der Waals surface area contributed by atoms with Crippen molar-refractivity contribution in [3.05, 3.63) is 29.8 Å². The van der Waals surface area contributed by atoms with E-state index in [1.165, 1.54) is 19.3 Å². The molecule has 1 aliphatic heterocycles. The summed E-state index contributed by atoms with van der Waals surface area (Å²) in [5, 5.41) is 10.5. The second-order valence-corrected chi connectivity index (χ2v) is 7.82. The lowest BCUT2D eigenvalue weighted by molar-refractivity contribution is -0.0607. The van der Waals surface area contributed by atoms with Crippen LogP contribution in [0.2, 0.25) is 0 Å². The molecule has 1 N–H and O–H groups in total. The van der Waals surface area contributed by atoms with Gasteiger partial charge in [-0.05, 0) is 65.5 Å². The van der Waals surface area contributed by atoms with Gasteiger partial charge >= 0.3 is 0 Å². The number of nitrogens with zero attached hydrogens (tertiary/aromatic N) is 1. The van der Waals surface area contributed by atoms with Crippen molar-refractivity contribution in [3.63, 3.8) is 0 Å². The number of para-hydroxylation sites is 1. The Labute approximate surface area is 135 Å². The van der Waals surface area contributed by atoms with Crippen LogP contribution in [0.5, 0.6) is 5.75 Å². The van der Waals surface area contributed by atoms with Crippen molar-refractivity contribution in [2.45, 2.75) is 71.1 Å². The molecule has 0 spiro atoms. The molecule has 0 saturated carbocycles. The topological polar surface area (TPSA) is 32.7 Å². The van der Waals surface area contributed by atoms with E-state index in [1.807, 2.05) is 31.2 Å². The van der Waals surface area contributed by atoms with Crippen molar-refractivity contribution < 1.29 is 9.84 Å². The maximum Gasteiger partial charge on any atom is 0.122 e. The van der Waals surface area contributed by atoms with Crippen LogP contribution in [0.4, 0.5) is 0 Å². The lowest BCUT2D eigenvalue weighted by Crippen LogP contribution is -2.60. The molecule has 3 nitrogen and oxygen atoms in total. The fourth-order valence-electron chi connectivity index (χ4n) is 3.70. The molecule has 1 heterocycles. The van der Waals surface area contributed by atoms with Gasteiger partial charge in [-0.15, -0.1) is 0 Å². The van der Waals surface area contributed by atoms with Gasteiger partial charge < -0.3 is 9.84 Å². The molecule has 2 rings (SSSR count). The molecule has 0 radical (unpaired) electrons. The zero-order chi connectivity index (χ0) is 16.4. The van der Waals surface area contributed by atoms with Gasteiger partial charge in [0.15, 0.2) is 0 Å². The van der Waals surface area contributed by atoms with E-state index in [1.54, 1.807) is 0 Å². The van der Waals surface area contributed by atoms with Crippen LogP contribution in [0.3, 0.4) is 0 Å². The van der Waals surface area contributed by atoms with E-state index < -0.39 is 6.10 Å². The van der Waals surface area contributed by atoms with Crippen LogP contribution in [-0.4, -0.2) is 40.3 Å². The Kier molecular flexibility index (Phi) is 5.18. The molecular formula is C19H31NO2. The molecule has 1 aromatic rings. The number of aliphatic hydroxyl groups is 1. The van der Waals surface area contributed by atoms with Crippen molar-refractivity contribution in [3.8, 4) is 5.75 Å². The molecule has 0 aliphatic carbocycles. The van der Waals surface area contributed by atoms with Crippen LogP contribution in [0.1, 0.15) is 52.5 Å². The first kappa shape index (κ1) is 17.3. The molecule has 0 amide bonds. The zero-order valence-electron chi connectivity index (χ0n) is 14.7. The predicted molar refractivity (Wildman–Crippen MR) is 91.4 cm³/mol. The normalized spacial score (nSPS) is 22.3. The Morgan fingerprint density at radius 3 is 2.32 bits per heavy atom. The smallest absolute Gasteiger partial charge is 0.122 e. The molecule has 124 valence electrons. The predicted octanol–water partition coefficient (Wildman–Crippen LogP) is 3.78. The molecule has 0 aromatic heterocycles. The summed E-state index contributed by atoms with van der Waals surface area (Å²) in [7, 11) is 0. The molecule has 1 atom stereocenters. The van der Waals surface area contributed by atoms with E-state index in [-0.39, 0.29) is 11.1 Å². The number of ether oxygens (including phenoxy) is 1. The number of β-amino-alcohol motifs (C(OH)–C–C–N with tert-alkyl or cyclic N) is 1. The minimum atomic E-state index is -0.476. The first-order chi connectivity index (χ1) is 10.2. The molecule has 1 saturated heterocycles. The van der Waals surface area contributed by atoms with E-state index in [0.717, 1.165) is 11.3 Å². The lowest BCUT2D eigenvalue weighted by atomic mass is 9.79. The Morgan fingerprint density at radius 2 is 1.73 bits per heavy atom. The van der Waals surface area contributed by atoms with Gasteiger partial charge in [0.05, 0.1) is 0 Å². The third-order valence-electron chi connectivity index (χ3n) is 4.96. The molecule has 1 aliphatic rings. The maximum atomic E-state index is 10.5.